The number of hydrogen-bond donors (Lipinski definition) is 1. The van der Waals surface area contributed by atoms with E-state index >= 15 is 0 Å². The van der Waals surface area contributed by atoms with Crippen molar-refractivity contribution in [3.8, 4) is 33.1 Å². The van der Waals surface area contributed by atoms with Crippen molar-refractivity contribution in [2.45, 2.75) is 11.8 Å². The predicted molar refractivity (Wildman–Crippen MR) is 157 cm³/mol. The third kappa shape index (κ3) is 4.70. The van der Waals surface area contributed by atoms with E-state index in [2.05, 4.69) is 5.10 Å². The van der Waals surface area contributed by atoms with Gasteiger partial charge in [0, 0.05) is 5.56 Å². The molecule has 12 nitrogen and oxygen atoms in total. The van der Waals surface area contributed by atoms with Crippen LogP contribution in [-0.2, 0) is 14.8 Å². The molecule has 0 aliphatic carbocycles. The number of benzene rings is 2. The van der Waals surface area contributed by atoms with Gasteiger partial charge in [-0.15, -0.1) is 16.4 Å². The van der Waals surface area contributed by atoms with Crippen LogP contribution in [0.25, 0.3) is 44.2 Å². The predicted octanol–water partition coefficient (Wildman–Crippen LogP) is 3.66. The molecule has 0 bridgehead atoms. The Kier molecular flexibility index (Phi) is 6.80. The first-order valence-electron chi connectivity index (χ1n) is 12.5. The van der Waals surface area contributed by atoms with Crippen LogP contribution >= 0.6 is 11.3 Å². The number of hydrogen-bond acceptors (Lipinski definition) is 10. The normalized spacial score (nSPS) is 11.7. The lowest BCUT2D eigenvalue weighted by Gasteiger charge is -2.10. The number of aromatic nitrogens is 5. The van der Waals surface area contributed by atoms with Crippen molar-refractivity contribution in [3.63, 3.8) is 0 Å². The van der Waals surface area contributed by atoms with E-state index < -0.39 is 21.6 Å². The Labute approximate surface area is 242 Å². The average molecular weight is 603 g/mol. The number of ether oxygens (including phenoxy) is 2. The molecule has 0 unspecified atom stereocenters. The number of pyridine rings is 1. The van der Waals surface area contributed by atoms with Gasteiger partial charge in [-0.3, -0.25) is 4.79 Å². The van der Waals surface area contributed by atoms with Crippen molar-refractivity contribution < 1.29 is 22.7 Å². The van der Waals surface area contributed by atoms with Gasteiger partial charge in [0.05, 0.1) is 40.3 Å². The molecule has 2 N–H and O–H groups in total. The number of fused-ring (bicyclic) bond motifs is 2. The van der Waals surface area contributed by atoms with Gasteiger partial charge >= 0.3 is 5.97 Å². The molecule has 14 heteroatoms. The number of nitrogens with two attached hydrogens (primary N) is 1. The van der Waals surface area contributed by atoms with Crippen LogP contribution in [0.5, 0.6) is 5.75 Å². The highest BCUT2D eigenvalue weighted by Gasteiger charge is 2.26. The Bertz CT molecular complexity index is 2140. The zero-order chi connectivity index (χ0) is 29.6. The molecule has 4 heterocycles. The van der Waals surface area contributed by atoms with Crippen LogP contribution in [0.3, 0.4) is 0 Å². The largest absolute Gasteiger partial charge is 0.497 e. The second-order valence-corrected chi connectivity index (χ2v) is 11.5. The number of primary sulfonamides is 1. The summed E-state index contributed by atoms with van der Waals surface area (Å²) in [5.74, 6) is -0.507. The van der Waals surface area contributed by atoms with Gasteiger partial charge in [0.15, 0.2) is 5.65 Å². The number of sulfonamides is 1. The van der Waals surface area contributed by atoms with E-state index in [0.717, 1.165) is 9.28 Å². The van der Waals surface area contributed by atoms with E-state index in [9.17, 15) is 18.0 Å². The Balaban J connectivity index is 1.70. The summed E-state index contributed by atoms with van der Waals surface area (Å²) < 4.78 is 36.4. The molecule has 0 amide bonds. The van der Waals surface area contributed by atoms with Crippen LogP contribution in [0.15, 0.2) is 81.8 Å². The zero-order valence-electron chi connectivity index (χ0n) is 22.2. The van der Waals surface area contributed by atoms with Crippen LogP contribution in [-0.4, -0.2) is 52.3 Å². The van der Waals surface area contributed by atoms with E-state index in [0.29, 0.717) is 28.3 Å². The summed E-state index contributed by atoms with van der Waals surface area (Å²) in [6.45, 7) is 1.69. The van der Waals surface area contributed by atoms with Gasteiger partial charge in [0.25, 0.3) is 5.56 Å². The van der Waals surface area contributed by atoms with Crippen molar-refractivity contribution in [3.05, 3.63) is 88.3 Å². The minimum Gasteiger partial charge on any atom is -0.497 e. The molecule has 6 rings (SSSR count). The fourth-order valence-corrected chi connectivity index (χ4v) is 5.72. The lowest BCUT2D eigenvalue weighted by Crippen LogP contribution is -2.21. The molecule has 0 saturated heterocycles. The van der Waals surface area contributed by atoms with Gasteiger partial charge in [-0.25, -0.2) is 27.7 Å². The van der Waals surface area contributed by atoms with Crippen molar-refractivity contribution in [1.29, 1.82) is 0 Å². The lowest BCUT2D eigenvalue weighted by atomic mass is 10.0. The summed E-state index contributed by atoms with van der Waals surface area (Å²) in [7, 11) is -2.38. The third-order valence-corrected chi connectivity index (χ3v) is 8.28. The summed E-state index contributed by atoms with van der Waals surface area (Å²) in [4.78, 5) is 37.5. The van der Waals surface area contributed by atoms with Gasteiger partial charge in [-0.2, -0.15) is 9.67 Å². The van der Waals surface area contributed by atoms with Crippen LogP contribution in [0.4, 0.5) is 0 Å². The van der Waals surface area contributed by atoms with Crippen LogP contribution in [0.2, 0.25) is 0 Å². The molecule has 0 radical (unpaired) electrons. The van der Waals surface area contributed by atoms with Gasteiger partial charge in [-0.05, 0) is 66.4 Å². The molecular weight excluding hydrogens is 580 g/mol. The minimum atomic E-state index is -3.95. The Morgan fingerprint density at radius 1 is 1.05 bits per heavy atom. The SMILES string of the molecule is CCOC(=O)c1nn(-c2ccc(S(N)(=O)=O)cc2)c2nc3nc(-c4cccs4)cc(-c4ccc(OC)cc4)c3c(=O)n12. The number of rotatable bonds is 7. The Morgan fingerprint density at radius 3 is 2.40 bits per heavy atom. The first kappa shape index (κ1) is 27.3. The summed E-state index contributed by atoms with van der Waals surface area (Å²) in [5.41, 5.74) is 1.75. The van der Waals surface area contributed by atoms with Crippen molar-refractivity contribution in [2.24, 2.45) is 5.14 Å². The van der Waals surface area contributed by atoms with E-state index in [1.807, 2.05) is 35.7 Å². The maximum atomic E-state index is 14.3. The average Bonchev–Trinajstić information content (AvgIpc) is 3.66. The Hall–Kier alpha value is -4.92. The molecule has 0 aliphatic rings. The second kappa shape index (κ2) is 10.5. The van der Waals surface area contributed by atoms with E-state index in [4.69, 9.17) is 24.6 Å². The number of carbonyl (C=O) groups is 1. The van der Waals surface area contributed by atoms with Gasteiger partial charge < -0.3 is 9.47 Å². The van der Waals surface area contributed by atoms with Gasteiger partial charge in [0.2, 0.25) is 21.6 Å². The van der Waals surface area contributed by atoms with E-state index in [1.165, 1.54) is 40.3 Å². The molecule has 2 aromatic carbocycles. The van der Waals surface area contributed by atoms with E-state index in [-0.39, 0.29) is 34.1 Å². The van der Waals surface area contributed by atoms with Crippen LogP contribution < -0.4 is 15.4 Å². The molecule has 0 atom stereocenters. The summed E-state index contributed by atoms with van der Waals surface area (Å²) in [5, 5.41) is 11.7. The van der Waals surface area contributed by atoms with Crippen LogP contribution in [0, 0.1) is 0 Å². The standard InChI is InChI=1S/C28H22N6O6S2/c1-3-40-27(36)25-32-34(17-8-12-19(13-9-17)42(29,37)38)28-31-24-23(26(35)33(25)28)20(16-6-10-18(39-2)11-7-16)15-21(30-24)22-5-4-14-41-22/h4-15H,3H2,1-2H3,(H2,29,37,38). The molecule has 42 heavy (non-hydrogen) atoms. The van der Waals surface area contributed by atoms with Crippen LogP contribution in [0.1, 0.15) is 17.5 Å². The highest BCUT2D eigenvalue weighted by molar-refractivity contribution is 7.89. The summed E-state index contributed by atoms with van der Waals surface area (Å²) >= 11 is 1.49. The number of nitrogens with zero attached hydrogens (tertiary/aromatic N) is 5. The fourth-order valence-electron chi connectivity index (χ4n) is 4.51. The molecule has 0 saturated carbocycles. The summed E-state index contributed by atoms with van der Waals surface area (Å²) in [6, 6.07) is 18.3. The molecule has 6 aromatic rings. The Morgan fingerprint density at radius 2 is 1.79 bits per heavy atom. The smallest absolute Gasteiger partial charge is 0.376 e. The molecule has 0 aliphatic heterocycles. The highest BCUT2D eigenvalue weighted by Crippen LogP contribution is 2.33. The van der Waals surface area contributed by atoms with Gasteiger partial charge in [-0.1, -0.05) is 18.2 Å². The monoisotopic (exact) mass is 602 g/mol. The topological polar surface area (TPSA) is 161 Å². The lowest BCUT2D eigenvalue weighted by molar-refractivity contribution is 0.0509. The van der Waals surface area contributed by atoms with Gasteiger partial charge in [0.1, 0.15) is 5.75 Å². The highest BCUT2D eigenvalue weighted by atomic mass is 32.2. The molecule has 0 spiro atoms. The number of methoxy groups -OCH3 is 1. The number of esters is 1. The second-order valence-electron chi connectivity index (χ2n) is 9.01. The number of thiophene rings is 1. The molecule has 212 valence electrons. The maximum absolute atomic E-state index is 14.3. The summed E-state index contributed by atoms with van der Waals surface area (Å²) in [6.07, 6.45) is 0. The number of carbonyl (C=O) groups excluding carboxylic acids is 1. The molecule has 4 aromatic heterocycles. The minimum absolute atomic E-state index is 0.0181. The fraction of sp³-hybridized carbons (Fsp3) is 0.107. The maximum Gasteiger partial charge on any atom is 0.376 e. The van der Waals surface area contributed by atoms with Crippen molar-refractivity contribution >= 4 is 44.1 Å². The third-order valence-electron chi connectivity index (χ3n) is 6.46. The van der Waals surface area contributed by atoms with Crippen molar-refractivity contribution in [1.82, 2.24) is 24.1 Å². The first-order chi connectivity index (χ1) is 20.2. The van der Waals surface area contributed by atoms with E-state index in [1.54, 1.807) is 26.2 Å². The zero-order valence-corrected chi connectivity index (χ0v) is 23.8. The molecule has 0 fully saturated rings. The van der Waals surface area contributed by atoms with Crippen molar-refractivity contribution in [2.75, 3.05) is 13.7 Å². The quantitative estimate of drug-likeness (QED) is 0.269. The first-order valence-corrected chi connectivity index (χ1v) is 15.0. The molecular formula is C28H22N6O6S2.